The molecular weight excluding hydrogens is 312 g/mol. The monoisotopic (exact) mass is 326 g/mol. The van der Waals surface area contributed by atoms with E-state index in [1.165, 1.54) is 18.5 Å². The van der Waals surface area contributed by atoms with Crippen LogP contribution in [-0.4, -0.2) is 28.0 Å². The van der Waals surface area contributed by atoms with Gasteiger partial charge in [-0.05, 0) is 18.2 Å². The number of anilines is 1. The average Bonchev–Trinajstić information content (AvgIpc) is 2.59. The van der Waals surface area contributed by atoms with Gasteiger partial charge in [-0.15, -0.1) is 0 Å². The topological polar surface area (TPSA) is 110 Å². The summed E-state index contributed by atoms with van der Waals surface area (Å²) in [4.78, 5) is 28.9. The van der Waals surface area contributed by atoms with Crippen molar-refractivity contribution in [2.24, 2.45) is 0 Å². The van der Waals surface area contributed by atoms with Crippen molar-refractivity contribution in [3.8, 4) is 5.75 Å². The molecule has 0 spiro atoms. The molecule has 2 aromatic carbocycles. The molecule has 2 N–H and O–H groups in total. The van der Waals surface area contributed by atoms with Crippen molar-refractivity contribution in [3.63, 3.8) is 0 Å². The minimum Gasteiger partial charge on any atom is -0.492 e. The van der Waals surface area contributed by atoms with Crippen LogP contribution in [0.25, 0.3) is 10.9 Å². The summed E-state index contributed by atoms with van der Waals surface area (Å²) >= 11 is 0. The predicted molar refractivity (Wildman–Crippen MR) is 89.4 cm³/mol. The van der Waals surface area contributed by atoms with E-state index in [0.29, 0.717) is 24.4 Å². The molecule has 8 heteroatoms. The van der Waals surface area contributed by atoms with E-state index in [2.05, 4.69) is 15.3 Å². The highest BCUT2D eigenvalue weighted by Crippen LogP contribution is 2.27. The number of H-pyrrole nitrogens is 1. The summed E-state index contributed by atoms with van der Waals surface area (Å²) in [6.07, 6.45) is 1.26. The van der Waals surface area contributed by atoms with Gasteiger partial charge in [0.2, 0.25) is 0 Å². The van der Waals surface area contributed by atoms with Crippen molar-refractivity contribution in [2.75, 3.05) is 18.5 Å². The van der Waals surface area contributed by atoms with Gasteiger partial charge < -0.3 is 15.0 Å². The Kier molecular flexibility index (Phi) is 4.37. The zero-order chi connectivity index (χ0) is 16.9. The first-order chi connectivity index (χ1) is 11.6. The summed E-state index contributed by atoms with van der Waals surface area (Å²) in [7, 11) is 0. The lowest BCUT2D eigenvalue weighted by Gasteiger charge is -2.09. The maximum atomic E-state index is 11.7. The molecule has 0 bridgehead atoms. The number of ether oxygens (including phenoxy) is 1. The number of aromatic nitrogens is 2. The van der Waals surface area contributed by atoms with Crippen molar-refractivity contribution in [2.45, 2.75) is 0 Å². The van der Waals surface area contributed by atoms with Crippen molar-refractivity contribution in [1.82, 2.24) is 9.97 Å². The molecule has 0 aliphatic heterocycles. The largest absolute Gasteiger partial charge is 0.492 e. The Balaban J connectivity index is 1.77. The van der Waals surface area contributed by atoms with Crippen molar-refractivity contribution >= 4 is 22.3 Å². The van der Waals surface area contributed by atoms with E-state index in [-0.39, 0.29) is 11.1 Å². The van der Waals surface area contributed by atoms with Crippen molar-refractivity contribution in [1.29, 1.82) is 0 Å². The van der Waals surface area contributed by atoms with Crippen molar-refractivity contribution in [3.05, 3.63) is 69.3 Å². The lowest BCUT2D eigenvalue weighted by Crippen LogP contribution is -2.13. The second kappa shape index (κ2) is 6.78. The molecule has 0 saturated heterocycles. The smallest absolute Gasteiger partial charge is 0.293 e. The first-order valence-electron chi connectivity index (χ1n) is 7.23. The van der Waals surface area contributed by atoms with Gasteiger partial charge in [0.25, 0.3) is 11.2 Å². The van der Waals surface area contributed by atoms with Gasteiger partial charge in [0.05, 0.1) is 22.2 Å². The Morgan fingerprint density at radius 1 is 1.25 bits per heavy atom. The van der Waals surface area contributed by atoms with E-state index in [4.69, 9.17) is 4.74 Å². The number of hydrogen-bond donors (Lipinski definition) is 2. The standard InChI is InChI=1S/C16H14N4O4/c21-16-12-8-15(20(22)23)14(9-13(12)18-10-19-16)17-6-7-24-11-4-2-1-3-5-11/h1-5,8-10,17H,6-7H2,(H,18,19,21). The van der Waals surface area contributed by atoms with Gasteiger partial charge in [-0.1, -0.05) is 18.2 Å². The Labute approximate surface area is 136 Å². The zero-order valence-electron chi connectivity index (χ0n) is 12.6. The summed E-state index contributed by atoms with van der Waals surface area (Å²) < 4.78 is 5.53. The molecule has 24 heavy (non-hydrogen) atoms. The maximum absolute atomic E-state index is 11.7. The highest BCUT2D eigenvalue weighted by molar-refractivity contribution is 5.86. The summed E-state index contributed by atoms with van der Waals surface area (Å²) in [6.45, 7) is 0.701. The molecule has 122 valence electrons. The van der Waals surface area contributed by atoms with E-state index in [0.717, 1.165) is 5.75 Å². The van der Waals surface area contributed by atoms with Crippen LogP contribution in [0.3, 0.4) is 0 Å². The van der Waals surface area contributed by atoms with Crippen LogP contribution in [0.1, 0.15) is 0 Å². The predicted octanol–water partition coefficient (Wildman–Crippen LogP) is 2.32. The molecular formula is C16H14N4O4. The molecule has 0 aliphatic carbocycles. The lowest BCUT2D eigenvalue weighted by molar-refractivity contribution is -0.383. The van der Waals surface area contributed by atoms with Crippen LogP contribution in [0, 0.1) is 10.1 Å². The Morgan fingerprint density at radius 3 is 2.79 bits per heavy atom. The second-order valence-electron chi connectivity index (χ2n) is 4.96. The van der Waals surface area contributed by atoms with Gasteiger partial charge >= 0.3 is 0 Å². The van der Waals surface area contributed by atoms with E-state index in [1.54, 1.807) is 0 Å². The number of nitrogens with one attached hydrogen (secondary N) is 2. The van der Waals surface area contributed by atoms with Crippen LogP contribution in [0.15, 0.2) is 53.6 Å². The Hall–Kier alpha value is -3.42. The minimum atomic E-state index is -0.535. The first kappa shape index (κ1) is 15.5. The number of nitro benzene ring substituents is 1. The van der Waals surface area contributed by atoms with Crippen molar-refractivity contribution < 1.29 is 9.66 Å². The second-order valence-corrected chi connectivity index (χ2v) is 4.96. The van der Waals surface area contributed by atoms with Gasteiger partial charge in [-0.25, -0.2) is 4.98 Å². The number of nitro groups is 1. The molecule has 8 nitrogen and oxygen atoms in total. The third-order valence-electron chi connectivity index (χ3n) is 3.38. The van der Waals surface area contributed by atoms with Gasteiger partial charge in [-0.3, -0.25) is 14.9 Å². The third-order valence-corrected chi connectivity index (χ3v) is 3.38. The van der Waals surface area contributed by atoms with Crippen LogP contribution >= 0.6 is 0 Å². The molecule has 0 unspecified atom stereocenters. The molecule has 0 saturated carbocycles. The SMILES string of the molecule is O=c1[nH]cnc2cc(NCCOc3ccccc3)c([N+](=O)[O-])cc12. The maximum Gasteiger partial charge on any atom is 0.293 e. The molecule has 0 amide bonds. The molecule has 0 radical (unpaired) electrons. The minimum absolute atomic E-state index is 0.176. The molecule has 3 rings (SSSR count). The van der Waals surface area contributed by atoms with Gasteiger partial charge in [0.1, 0.15) is 18.0 Å². The summed E-state index contributed by atoms with van der Waals surface area (Å²) in [5.74, 6) is 0.723. The summed E-state index contributed by atoms with van der Waals surface area (Å²) in [5, 5.41) is 14.4. The number of para-hydroxylation sites is 1. The number of fused-ring (bicyclic) bond motifs is 1. The van der Waals surface area contributed by atoms with Gasteiger partial charge in [0.15, 0.2) is 0 Å². The summed E-state index contributed by atoms with van der Waals surface area (Å²) in [5.41, 5.74) is 0.0841. The Morgan fingerprint density at radius 2 is 2.04 bits per heavy atom. The van der Waals surface area contributed by atoms with Gasteiger partial charge in [0, 0.05) is 12.6 Å². The van der Waals surface area contributed by atoms with Crippen LogP contribution in [0.5, 0.6) is 5.75 Å². The highest BCUT2D eigenvalue weighted by Gasteiger charge is 2.16. The fourth-order valence-electron chi connectivity index (χ4n) is 2.27. The lowest BCUT2D eigenvalue weighted by atomic mass is 10.2. The van der Waals surface area contributed by atoms with E-state index >= 15 is 0 Å². The molecule has 0 atom stereocenters. The average molecular weight is 326 g/mol. The summed E-state index contributed by atoms with van der Waals surface area (Å²) in [6, 6.07) is 12.0. The van der Waals surface area contributed by atoms with E-state index < -0.39 is 10.5 Å². The molecule has 1 aromatic heterocycles. The van der Waals surface area contributed by atoms with E-state index in [9.17, 15) is 14.9 Å². The Bertz CT molecular complexity index is 924. The van der Waals surface area contributed by atoms with Crippen LogP contribution < -0.4 is 15.6 Å². The molecule has 0 fully saturated rings. The molecule has 1 heterocycles. The highest BCUT2D eigenvalue weighted by atomic mass is 16.6. The quantitative estimate of drug-likeness (QED) is 0.408. The number of nitrogens with zero attached hydrogens (tertiary/aromatic N) is 2. The normalized spacial score (nSPS) is 10.5. The third kappa shape index (κ3) is 3.32. The van der Waals surface area contributed by atoms with E-state index in [1.807, 2.05) is 30.3 Å². The van der Waals surface area contributed by atoms with Crippen LogP contribution in [0.2, 0.25) is 0 Å². The van der Waals surface area contributed by atoms with Crippen LogP contribution in [-0.2, 0) is 0 Å². The number of hydrogen-bond acceptors (Lipinski definition) is 6. The number of rotatable bonds is 6. The molecule has 0 aliphatic rings. The first-order valence-corrected chi connectivity index (χ1v) is 7.23. The number of aromatic amines is 1. The van der Waals surface area contributed by atoms with Crippen LogP contribution in [0.4, 0.5) is 11.4 Å². The fraction of sp³-hybridized carbons (Fsp3) is 0.125. The zero-order valence-corrected chi connectivity index (χ0v) is 12.6. The fourth-order valence-corrected chi connectivity index (χ4v) is 2.27. The van der Waals surface area contributed by atoms with Gasteiger partial charge in [-0.2, -0.15) is 0 Å². The molecule has 3 aromatic rings. The number of benzene rings is 2.